The van der Waals surface area contributed by atoms with Crippen molar-refractivity contribution in [1.82, 2.24) is 4.90 Å². The third-order valence-corrected chi connectivity index (χ3v) is 5.83. The molecule has 0 radical (unpaired) electrons. The summed E-state index contributed by atoms with van der Waals surface area (Å²) in [5.41, 5.74) is 2.16. The van der Waals surface area contributed by atoms with Crippen molar-refractivity contribution in [3.05, 3.63) is 91.5 Å². The molecule has 0 spiro atoms. The Bertz CT molecular complexity index is 1250. The number of nitro groups is 1. The number of halogens is 1. The van der Waals surface area contributed by atoms with E-state index in [4.69, 9.17) is 16.0 Å². The normalized spacial score (nSPS) is 15.2. The molecule has 0 N–H and O–H groups in total. The lowest BCUT2D eigenvalue weighted by Gasteiger charge is -2.12. The molecule has 0 atom stereocenters. The quantitative estimate of drug-likeness (QED) is 0.264. The van der Waals surface area contributed by atoms with E-state index in [9.17, 15) is 19.7 Å². The Morgan fingerprint density at radius 3 is 2.68 bits per heavy atom. The number of hydrogen-bond acceptors (Lipinski definition) is 6. The van der Waals surface area contributed by atoms with Gasteiger partial charge in [-0.05, 0) is 60.1 Å². The second-order valence-electron chi connectivity index (χ2n) is 6.86. The summed E-state index contributed by atoms with van der Waals surface area (Å²) in [6.45, 7) is 1.89. The molecule has 0 saturated carbocycles. The average Bonchev–Trinajstić information content (AvgIpc) is 3.28. The van der Waals surface area contributed by atoms with Crippen molar-refractivity contribution < 1.29 is 18.9 Å². The van der Waals surface area contributed by atoms with Gasteiger partial charge in [-0.1, -0.05) is 23.7 Å². The predicted molar refractivity (Wildman–Crippen MR) is 119 cm³/mol. The number of non-ortho nitro benzene ring substituents is 1. The number of nitro benzene ring substituents is 1. The van der Waals surface area contributed by atoms with Crippen molar-refractivity contribution in [3.8, 4) is 11.3 Å². The van der Waals surface area contributed by atoms with E-state index in [2.05, 4.69) is 0 Å². The maximum Gasteiger partial charge on any atom is 0.293 e. The summed E-state index contributed by atoms with van der Waals surface area (Å²) in [7, 11) is 0. The number of aryl methyl sites for hydroxylation is 1. The second-order valence-corrected chi connectivity index (χ2v) is 8.29. The van der Waals surface area contributed by atoms with Crippen LogP contribution in [0.5, 0.6) is 0 Å². The lowest BCUT2D eigenvalue weighted by molar-refractivity contribution is -0.384. The zero-order chi connectivity index (χ0) is 22.1. The molecular formula is C22H15ClN2O5S. The van der Waals surface area contributed by atoms with Crippen LogP contribution in [0.2, 0.25) is 5.02 Å². The number of amides is 2. The van der Waals surface area contributed by atoms with Crippen molar-refractivity contribution in [3.63, 3.8) is 0 Å². The molecule has 3 aromatic rings. The molecular weight excluding hydrogens is 440 g/mol. The van der Waals surface area contributed by atoms with E-state index >= 15 is 0 Å². The minimum absolute atomic E-state index is 0.00130. The number of carbonyl (C=O) groups excluding carboxylic acids is 2. The van der Waals surface area contributed by atoms with Gasteiger partial charge in [-0.3, -0.25) is 24.6 Å². The third kappa shape index (κ3) is 4.40. The first kappa shape index (κ1) is 20.9. The molecule has 4 rings (SSSR count). The highest BCUT2D eigenvalue weighted by Gasteiger charge is 2.35. The van der Waals surface area contributed by atoms with Gasteiger partial charge in [0.1, 0.15) is 11.5 Å². The van der Waals surface area contributed by atoms with E-state index in [1.54, 1.807) is 49.4 Å². The number of hydrogen-bond donors (Lipinski definition) is 0. The monoisotopic (exact) mass is 454 g/mol. The average molecular weight is 455 g/mol. The van der Waals surface area contributed by atoms with Crippen molar-refractivity contribution in [1.29, 1.82) is 0 Å². The highest BCUT2D eigenvalue weighted by atomic mass is 35.5. The van der Waals surface area contributed by atoms with Gasteiger partial charge >= 0.3 is 0 Å². The Hall–Kier alpha value is -3.36. The first-order valence-corrected chi connectivity index (χ1v) is 10.4. The van der Waals surface area contributed by atoms with Crippen molar-refractivity contribution in [2.45, 2.75) is 13.5 Å². The van der Waals surface area contributed by atoms with Gasteiger partial charge in [0.2, 0.25) is 0 Å². The SMILES string of the molecule is Cc1cc([N+](=O)[O-])ccc1-c1ccc(/C=C2\SC(=O)N(Cc3cccc(Cl)c3)C2=O)o1. The van der Waals surface area contributed by atoms with Gasteiger partial charge in [0.15, 0.2) is 0 Å². The summed E-state index contributed by atoms with van der Waals surface area (Å²) >= 11 is 6.82. The molecule has 1 aliphatic rings. The van der Waals surface area contributed by atoms with Crippen molar-refractivity contribution in [2.75, 3.05) is 0 Å². The van der Waals surface area contributed by atoms with Crippen LogP contribution in [0.25, 0.3) is 17.4 Å². The van der Waals surface area contributed by atoms with Crippen molar-refractivity contribution in [2.24, 2.45) is 0 Å². The fourth-order valence-corrected chi connectivity index (χ4v) is 4.23. The molecule has 1 saturated heterocycles. The molecule has 7 nitrogen and oxygen atoms in total. The number of imide groups is 1. The lowest BCUT2D eigenvalue weighted by atomic mass is 10.1. The maximum atomic E-state index is 12.7. The number of thioether (sulfide) groups is 1. The molecule has 2 aromatic carbocycles. The third-order valence-electron chi connectivity index (χ3n) is 4.69. The lowest BCUT2D eigenvalue weighted by Crippen LogP contribution is -2.27. The van der Waals surface area contributed by atoms with Crippen molar-refractivity contribution >= 4 is 46.3 Å². The molecule has 9 heteroatoms. The first-order valence-electron chi connectivity index (χ1n) is 9.17. The van der Waals surface area contributed by atoms with Crippen LogP contribution < -0.4 is 0 Å². The van der Waals surface area contributed by atoms with Gasteiger partial charge in [-0.25, -0.2) is 0 Å². The molecule has 156 valence electrons. The highest BCUT2D eigenvalue weighted by Crippen LogP contribution is 2.35. The maximum absolute atomic E-state index is 12.7. The molecule has 1 aromatic heterocycles. The number of rotatable bonds is 5. The number of furan rings is 1. The van der Waals surface area contributed by atoms with Crippen LogP contribution >= 0.6 is 23.4 Å². The fourth-order valence-electron chi connectivity index (χ4n) is 3.20. The summed E-state index contributed by atoms with van der Waals surface area (Å²) < 4.78 is 5.81. The van der Waals surface area contributed by atoms with Crippen LogP contribution in [-0.4, -0.2) is 21.0 Å². The fraction of sp³-hybridized carbons (Fsp3) is 0.0909. The molecule has 0 aliphatic carbocycles. The van der Waals surface area contributed by atoms with E-state index in [1.165, 1.54) is 18.2 Å². The van der Waals surface area contributed by atoms with Crippen LogP contribution in [0.15, 0.2) is 63.9 Å². The number of carbonyl (C=O) groups is 2. The minimum Gasteiger partial charge on any atom is -0.457 e. The van der Waals surface area contributed by atoms with E-state index in [0.717, 1.165) is 22.2 Å². The van der Waals surface area contributed by atoms with Gasteiger partial charge in [-0.15, -0.1) is 0 Å². The smallest absolute Gasteiger partial charge is 0.293 e. The van der Waals surface area contributed by atoms with Crippen LogP contribution in [0.1, 0.15) is 16.9 Å². The van der Waals surface area contributed by atoms with Gasteiger partial charge in [-0.2, -0.15) is 0 Å². The largest absolute Gasteiger partial charge is 0.457 e. The molecule has 0 unspecified atom stereocenters. The van der Waals surface area contributed by atoms with Gasteiger partial charge < -0.3 is 4.42 Å². The Morgan fingerprint density at radius 2 is 1.97 bits per heavy atom. The molecule has 0 bridgehead atoms. The topological polar surface area (TPSA) is 93.7 Å². The molecule has 2 amide bonds. The highest BCUT2D eigenvalue weighted by molar-refractivity contribution is 8.18. The van der Waals surface area contributed by atoms with Crippen LogP contribution in [0, 0.1) is 17.0 Å². The molecule has 31 heavy (non-hydrogen) atoms. The second kappa shape index (κ2) is 8.41. The number of nitrogens with zero attached hydrogens (tertiary/aromatic N) is 2. The standard InChI is InChI=1S/C22H15ClN2O5S/c1-13-9-16(25(28)29)5-7-18(13)19-8-6-17(30-19)11-20-21(26)24(22(27)31-20)12-14-3-2-4-15(23)10-14/h2-11H,12H2,1H3/b20-11-. The van der Waals surface area contributed by atoms with Gasteiger partial charge in [0.05, 0.1) is 16.4 Å². The predicted octanol–water partition coefficient (Wildman–Crippen LogP) is 6.05. The van der Waals surface area contributed by atoms with E-state index in [1.807, 2.05) is 0 Å². The molecule has 2 heterocycles. The van der Waals surface area contributed by atoms with E-state index in [-0.39, 0.29) is 22.4 Å². The Morgan fingerprint density at radius 1 is 1.16 bits per heavy atom. The minimum atomic E-state index is -0.455. The molecule has 1 fully saturated rings. The zero-order valence-electron chi connectivity index (χ0n) is 16.2. The van der Waals surface area contributed by atoms with Gasteiger partial charge in [0, 0.05) is 28.8 Å². The van der Waals surface area contributed by atoms with E-state index < -0.39 is 10.8 Å². The summed E-state index contributed by atoms with van der Waals surface area (Å²) in [5, 5.41) is 11.1. The number of benzene rings is 2. The summed E-state index contributed by atoms with van der Waals surface area (Å²) in [5.74, 6) is 0.511. The van der Waals surface area contributed by atoms with E-state index in [0.29, 0.717) is 27.7 Å². The van der Waals surface area contributed by atoms with Crippen LogP contribution in [-0.2, 0) is 11.3 Å². The summed E-state index contributed by atoms with van der Waals surface area (Å²) in [4.78, 5) is 36.9. The van der Waals surface area contributed by atoms with Crippen LogP contribution in [0.3, 0.4) is 0 Å². The first-order chi connectivity index (χ1) is 14.8. The Balaban J connectivity index is 1.55. The Kier molecular flexibility index (Phi) is 5.67. The van der Waals surface area contributed by atoms with Crippen LogP contribution in [0.4, 0.5) is 10.5 Å². The van der Waals surface area contributed by atoms with Gasteiger partial charge in [0.25, 0.3) is 16.8 Å². The summed E-state index contributed by atoms with van der Waals surface area (Å²) in [6.07, 6.45) is 1.52. The summed E-state index contributed by atoms with van der Waals surface area (Å²) in [6, 6.07) is 14.9. The Labute approximate surface area is 186 Å². The molecule has 1 aliphatic heterocycles. The zero-order valence-corrected chi connectivity index (χ0v) is 17.8.